The molecule has 2 aliphatic heterocycles. The van der Waals surface area contributed by atoms with Crippen molar-refractivity contribution in [1.29, 1.82) is 0 Å². The number of nitrogens with zero attached hydrogens (tertiary/aromatic N) is 4. The van der Waals surface area contributed by atoms with E-state index in [9.17, 15) is 19.4 Å². The van der Waals surface area contributed by atoms with Gasteiger partial charge in [-0.1, -0.05) is 29.4 Å². The van der Waals surface area contributed by atoms with Crippen LogP contribution in [0.3, 0.4) is 0 Å². The van der Waals surface area contributed by atoms with E-state index >= 15 is 0 Å². The first kappa shape index (κ1) is 32.0. The first-order valence-electron chi connectivity index (χ1n) is 16.1. The number of phenols is 3. The molecule has 1 fully saturated rings. The van der Waals surface area contributed by atoms with E-state index in [4.69, 9.17) is 14.6 Å². The van der Waals surface area contributed by atoms with E-state index in [1.807, 2.05) is 17.6 Å². The van der Waals surface area contributed by atoms with Gasteiger partial charge in [0.25, 0.3) is 5.56 Å². The minimum absolute atomic E-state index is 0.0235. The SMILES string of the molecule is Cc1nc2n(c(=O)c1CCN1CCC(c3noc4cc(F)ccc34)CC1)CCCC2.Oc1ccc(/C=C/c2cc(O)cc(O)c2)cc1. The summed E-state index contributed by atoms with van der Waals surface area (Å²) in [7, 11) is 0. The molecule has 7 rings (SSSR count). The Hall–Kier alpha value is -4.96. The lowest BCUT2D eigenvalue weighted by Crippen LogP contribution is -2.37. The van der Waals surface area contributed by atoms with E-state index in [0.717, 1.165) is 98.4 Å². The molecule has 10 heteroatoms. The maximum absolute atomic E-state index is 13.4. The van der Waals surface area contributed by atoms with Crippen molar-refractivity contribution in [3.05, 3.63) is 111 Å². The van der Waals surface area contributed by atoms with Gasteiger partial charge in [0, 0.05) is 54.2 Å². The number of likely N-dealkylation sites (tertiary alicyclic amines) is 1. The van der Waals surface area contributed by atoms with Gasteiger partial charge >= 0.3 is 0 Å². The zero-order valence-electron chi connectivity index (χ0n) is 26.4. The molecule has 0 atom stereocenters. The summed E-state index contributed by atoms with van der Waals surface area (Å²) in [5, 5.41) is 32.9. The zero-order valence-corrected chi connectivity index (χ0v) is 26.4. The van der Waals surface area contributed by atoms with E-state index in [0.29, 0.717) is 17.1 Å². The fourth-order valence-electron chi connectivity index (χ4n) is 6.44. The molecule has 0 unspecified atom stereocenters. The van der Waals surface area contributed by atoms with Crippen LogP contribution in [-0.4, -0.2) is 54.6 Å². The number of aryl methyl sites for hydroxylation is 2. The Kier molecular flexibility index (Phi) is 9.68. The van der Waals surface area contributed by atoms with Crippen molar-refractivity contribution >= 4 is 23.1 Å². The minimum atomic E-state index is -0.303. The Morgan fingerprint density at radius 1 is 0.894 bits per heavy atom. The molecule has 0 amide bonds. The summed E-state index contributed by atoms with van der Waals surface area (Å²) in [5.74, 6) is 1.24. The second-order valence-electron chi connectivity index (χ2n) is 12.3. The van der Waals surface area contributed by atoms with Gasteiger partial charge in [-0.2, -0.15) is 0 Å². The average molecular weight is 639 g/mol. The summed E-state index contributed by atoms with van der Waals surface area (Å²) >= 11 is 0. The van der Waals surface area contributed by atoms with Crippen LogP contribution in [0.4, 0.5) is 4.39 Å². The molecular formula is C37H39FN4O5. The summed E-state index contributed by atoms with van der Waals surface area (Å²) < 4.78 is 20.6. The number of phenolic OH excluding ortho intramolecular Hbond substituents is 3. The van der Waals surface area contributed by atoms with Gasteiger partial charge in [0.15, 0.2) is 5.58 Å². The van der Waals surface area contributed by atoms with Crippen LogP contribution in [-0.2, 0) is 19.4 Å². The van der Waals surface area contributed by atoms with Gasteiger partial charge in [0.2, 0.25) is 0 Å². The molecule has 0 spiro atoms. The predicted octanol–water partition coefficient (Wildman–Crippen LogP) is 6.56. The zero-order chi connectivity index (χ0) is 32.9. The molecule has 0 radical (unpaired) electrons. The first-order valence-corrected chi connectivity index (χ1v) is 16.1. The predicted molar refractivity (Wildman–Crippen MR) is 179 cm³/mol. The summed E-state index contributed by atoms with van der Waals surface area (Å²) in [6.45, 7) is 5.55. The molecule has 2 aromatic heterocycles. The third-order valence-electron chi connectivity index (χ3n) is 8.98. The highest BCUT2D eigenvalue weighted by Crippen LogP contribution is 2.33. The number of rotatable bonds is 6. The fraction of sp³-hybridized carbons (Fsp3) is 0.324. The number of fused-ring (bicyclic) bond motifs is 2. The highest BCUT2D eigenvalue weighted by Gasteiger charge is 2.26. The maximum atomic E-state index is 13.4. The summed E-state index contributed by atoms with van der Waals surface area (Å²) in [6, 6.07) is 15.7. The van der Waals surface area contributed by atoms with Gasteiger partial charge in [0.05, 0.1) is 5.69 Å². The Bertz CT molecular complexity index is 1920. The third-order valence-corrected chi connectivity index (χ3v) is 8.98. The lowest BCUT2D eigenvalue weighted by molar-refractivity contribution is 0.211. The van der Waals surface area contributed by atoms with Crippen molar-refractivity contribution in [3.8, 4) is 17.2 Å². The third kappa shape index (κ3) is 7.72. The topological polar surface area (TPSA) is 125 Å². The van der Waals surface area contributed by atoms with Gasteiger partial charge in [-0.15, -0.1) is 0 Å². The standard InChI is InChI=1S/C23H27FN4O2.C14H12O3/c1-15-18(23(29)28-10-3-2-4-21(28)25-15)9-13-27-11-7-16(8-12-27)22-19-6-5-17(24)14-20(19)30-26-22;15-12-5-3-10(4-6-12)1-2-11-7-13(16)9-14(17)8-11/h5-6,14,16H,2-4,7-13H2,1H3;1-9,15-17H/b;2-1+. The molecule has 0 bridgehead atoms. The number of halogens is 1. The van der Waals surface area contributed by atoms with Gasteiger partial charge in [0.1, 0.15) is 28.9 Å². The highest BCUT2D eigenvalue weighted by atomic mass is 19.1. The van der Waals surface area contributed by atoms with Crippen molar-refractivity contribution < 1.29 is 24.2 Å². The lowest BCUT2D eigenvalue weighted by Gasteiger charge is -2.31. The lowest BCUT2D eigenvalue weighted by atomic mass is 9.91. The number of hydrogen-bond donors (Lipinski definition) is 3. The molecular weight excluding hydrogens is 599 g/mol. The molecule has 47 heavy (non-hydrogen) atoms. The van der Waals surface area contributed by atoms with Crippen molar-refractivity contribution in [2.75, 3.05) is 19.6 Å². The van der Waals surface area contributed by atoms with Crippen LogP contribution in [0.2, 0.25) is 0 Å². The van der Waals surface area contributed by atoms with E-state index in [-0.39, 0.29) is 28.6 Å². The summed E-state index contributed by atoms with van der Waals surface area (Å²) in [6.07, 6.45) is 9.41. The van der Waals surface area contributed by atoms with E-state index in [2.05, 4.69) is 10.1 Å². The molecule has 0 aliphatic carbocycles. The Morgan fingerprint density at radius 2 is 1.62 bits per heavy atom. The molecule has 4 heterocycles. The number of piperidine rings is 1. The smallest absolute Gasteiger partial charge is 0.256 e. The minimum Gasteiger partial charge on any atom is -0.508 e. The van der Waals surface area contributed by atoms with Crippen LogP contribution < -0.4 is 5.56 Å². The monoisotopic (exact) mass is 638 g/mol. The summed E-state index contributed by atoms with van der Waals surface area (Å²) in [5.41, 5.74) is 5.01. The van der Waals surface area contributed by atoms with Crippen LogP contribution in [0.5, 0.6) is 17.2 Å². The van der Waals surface area contributed by atoms with Gasteiger partial charge in [-0.05, 0) is 99.6 Å². The largest absolute Gasteiger partial charge is 0.508 e. The van der Waals surface area contributed by atoms with Crippen molar-refractivity contribution in [2.45, 2.75) is 57.9 Å². The van der Waals surface area contributed by atoms with Crippen molar-refractivity contribution in [3.63, 3.8) is 0 Å². The Morgan fingerprint density at radius 3 is 2.36 bits per heavy atom. The van der Waals surface area contributed by atoms with Crippen LogP contribution in [0.15, 0.2) is 70.0 Å². The maximum Gasteiger partial charge on any atom is 0.256 e. The van der Waals surface area contributed by atoms with Crippen molar-refractivity contribution in [1.82, 2.24) is 19.6 Å². The van der Waals surface area contributed by atoms with Crippen LogP contribution in [0.1, 0.15) is 65.5 Å². The summed E-state index contributed by atoms with van der Waals surface area (Å²) in [4.78, 5) is 20.1. The van der Waals surface area contributed by atoms with Gasteiger partial charge in [-0.25, -0.2) is 9.37 Å². The van der Waals surface area contributed by atoms with Gasteiger partial charge in [-0.3, -0.25) is 9.36 Å². The van der Waals surface area contributed by atoms with E-state index < -0.39 is 0 Å². The number of hydrogen-bond acceptors (Lipinski definition) is 8. The first-order chi connectivity index (χ1) is 22.7. The van der Waals surface area contributed by atoms with Crippen molar-refractivity contribution in [2.24, 2.45) is 0 Å². The fourth-order valence-corrected chi connectivity index (χ4v) is 6.44. The second kappa shape index (κ2) is 14.2. The molecule has 244 valence electrons. The molecule has 9 nitrogen and oxygen atoms in total. The Balaban J connectivity index is 0.000000193. The average Bonchev–Trinajstić information content (AvgIpc) is 3.47. The molecule has 3 aromatic carbocycles. The highest BCUT2D eigenvalue weighted by molar-refractivity contribution is 5.80. The number of benzene rings is 3. The Labute approximate surface area is 272 Å². The molecule has 2 aliphatic rings. The molecule has 3 N–H and O–H groups in total. The molecule has 1 saturated heterocycles. The van der Waals surface area contributed by atoms with Crippen LogP contribution in [0.25, 0.3) is 23.1 Å². The van der Waals surface area contributed by atoms with E-state index in [1.165, 1.54) is 18.2 Å². The number of aromatic hydroxyl groups is 3. The second-order valence-corrected chi connectivity index (χ2v) is 12.3. The van der Waals surface area contributed by atoms with Gasteiger partial charge < -0.3 is 24.7 Å². The normalized spacial score (nSPS) is 15.4. The van der Waals surface area contributed by atoms with E-state index in [1.54, 1.807) is 48.5 Å². The molecule has 0 saturated carbocycles. The number of aromatic nitrogens is 3. The quantitative estimate of drug-likeness (QED) is 0.179. The molecule has 5 aromatic rings. The van der Waals surface area contributed by atoms with Crippen LogP contribution >= 0.6 is 0 Å². The van der Waals surface area contributed by atoms with Crippen LogP contribution in [0, 0.1) is 12.7 Å².